The molecule has 3 heteroatoms. The molecule has 0 nitrogen and oxygen atoms in total. The molecule has 0 bridgehead atoms. The fraction of sp³-hybridized carbons (Fsp3) is 0. The van der Waals surface area contributed by atoms with Gasteiger partial charge in [0.1, 0.15) is 5.82 Å². The molecule has 1 radical (unpaired) electrons. The van der Waals surface area contributed by atoms with E-state index in [4.69, 9.17) is 23.2 Å². The van der Waals surface area contributed by atoms with Crippen molar-refractivity contribution in [3.63, 3.8) is 0 Å². The van der Waals surface area contributed by atoms with Gasteiger partial charge < -0.3 is 0 Å². The third-order valence-electron chi connectivity index (χ3n) is 1.99. The molecule has 0 heterocycles. The van der Waals surface area contributed by atoms with Crippen molar-refractivity contribution in [3.8, 4) is 11.1 Å². The highest BCUT2D eigenvalue weighted by atomic mass is 35.5. The quantitative estimate of drug-likeness (QED) is 0.683. The van der Waals surface area contributed by atoms with Crippen LogP contribution in [0.15, 0.2) is 36.4 Å². The Morgan fingerprint density at radius 3 is 2.33 bits per heavy atom. The topological polar surface area (TPSA) is 0 Å². The van der Waals surface area contributed by atoms with Crippen LogP contribution in [-0.2, 0) is 0 Å². The van der Waals surface area contributed by atoms with Gasteiger partial charge in [0.25, 0.3) is 0 Å². The summed E-state index contributed by atoms with van der Waals surface area (Å²) in [5.74, 6) is -0.274. The molecule has 0 saturated heterocycles. The average molecular weight is 240 g/mol. The molecule has 15 heavy (non-hydrogen) atoms. The molecule has 75 valence electrons. The van der Waals surface area contributed by atoms with Gasteiger partial charge in [-0.05, 0) is 35.9 Å². The minimum absolute atomic E-state index is 0.274. The average Bonchev–Trinajstić information content (AvgIpc) is 2.20. The lowest BCUT2D eigenvalue weighted by atomic mass is 10.1. The van der Waals surface area contributed by atoms with E-state index in [-0.39, 0.29) is 5.82 Å². The zero-order valence-corrected chi connectivity index (χ0v) is 9.11. The molecule has 0 aromatic heterocycles. The van der Waals surface area contributed by atoms with Gasteiger partial charge in [0.15, 0.2) is 0 Å². The zero-order valence-electron chi connectivity index (χ0n) is 7.60. The first-order valence-electron chi connectivity index (χ1n) is 4.29. The number of hydrogen-bond acceptors (Lipinski definition) is 0. The monoisotopic (exact) mass is 239 g/mol. The van der Waals surface area contributed by atoms with Gasteiger partial charge in [-0.1, -0.05) is 35.3 Å². The Balaban J connectivity index is 2.49. The van der Waals surface area contributed by atoms with E-state index >= 15 is 0 Å². The number of hydrogen-bond donors (Lipinski definition) is 0. The van der Waals surface area contributed by atoms with Crippen LogP contribution in [0.25, 0.3) is 11.1 Å². The van der Waals surface area contributed by atoms with Gasteiger partial charge in [-0.25, -0.2) is 4.39 Å². The van der Waals surface area contributed by atoms with Gasteiger partial charge in [-0.3, -0.25) is 0 Å². The molecular weight excluding hydrogens is 234 g/mol. The van der Waals surface area contributed by atoms with Crippen molar-refractivity contribution >= 4 is 23.2 Å². The lowest BCUT2D eigenvalue weighted by Crippen LogP contribution is -1.81. The van der Waals surface area contributed by atoms with E-state index in [1.54, 1.807) is 24.3 Å². The van der Waals surface area contributed by atoms with Crippen LogP contribution in [0.3, 0.4) is 0 Å². The number of benzene rings is 2. The molecule has 0 aliphatic rings. The first-order valence-corrected chi connectivity index (χ1v) is 5.05. The summed E-state index contributed by atoms with van der Waals surface area (Å²) in [6.07, 6.45) is 0. The Hall–Kier alpha value is -1.05. The van der Waals surface area contributed by atoms with Crippen LogP contribution in [0.2, 0.25) is 10.0 Å². The fourth-order valence-electron chi connectivity index (χ4n) is 1.28. The smallest absolute Gasteiger partial charge is 0.123 e. The summed E-state index contributed by atoms with van der Waals surface area (Å²) in [5, 5.41) is 1.04. The SMILES string of the molecule is Fc1ccc(-c2[c]cc(Cl)cc2Cl)cc1. The van der Waals surface area contributed by atoms with E-state index in [2.05, 4.69) is 6.07 Å². The summed E-state index contributed by atoms with van der Waals surface area (Å²) in [6.45, 7) is 0. The summed E-state index contributed by atoms with van der Waals surface area (Å²) in [5.41, 5.74) is 1.54. The Bertz CT molecular complexity index is 477. The lowest BCUT2D eigenvalue weighted by molar-refractivity contribution is 0.628. The molecule has 0 aliphatic carbocycles. The second-order valence-corrected chi connectivity index (χ2v) is 3.89. The van der Waals surface area contributed by atoms with Crippen molar-refractivity contribution in [3.05, 3.63) is 58.3 Å². The lowest BCUT2D eigenvalue weighted by Gasteiger charge is -2.03. The van der Waals surface area contributed by atoms with Crippen molar-refractivity contribution in [1.29, 1.82) is 0 Å². The maximum atomic E-state index is 12.7. The zero-order chi connectivity index (χ0) is 10.8. The van der Waals surface area contributed by atoms with Crippen molar-refractivity contribution in [1.82, 2.24) is 0 Å². The molecule has 0 spiro atoms. The number of halogens is 3. The molecule has 2 aromatic rings. The maximum absolute atomic E-state index is 12.7. The molecule has 0 saturated carbocycles. The molecule has 0 amide bonds. The molecule has 0 fully saturated rings. The highest BCUT2D eigenvalue weighted by Crippen LogP contribution is 2.29. The second-order valence-electron chi connectivity index (χ2n) is 3.05. The normalized spacial score (nSPS) is 10.3. The minimum Gasteiger partial charge on any atom is -0.207 e. The van der Waals surface area contributed by atoms with Crippen LogP contribution in [0.5, 0.6) is 0 Å². The van der Waals surface area contributed by atoms with Crippen LogP contribution in [0, 0.1) is 11.9 Å². The largest absolute Gasteiger partial charge is 0.207 e. The molecule has 0 atom stereocenters. The summed E-state index contributed by atoms with van der Waals surface area (Å²) in [4.78, 5) is 0. The van der Waals surface area contributed by atoms with E-state index in [9.17, 15) is 4.39 Å². The standard InChI is InChI=1S/C12H6Cl2F/c13-9-3-6-11(12(14)7-9)8-1-4-10(15)5-2-8/h1-5,7H. The summed E-state index contributed by atoms with van der Waals surface area (Å²) in [6, 6.07) is 12.3. The predicted molar refractivity (Wildman–Crippen MR) is 60.7 cm³/mol. The van der Waals surface area contributed by atoms with Gasteiger partial charge in [-0.15, -0.1) is 0 Å². The van der Waals surface area contributed by atoms with E-state index in [0.717, 1.165) is 11.1 Å². The van der Waals surface area contributed by atoms with Crippen LogP contribution in [-0.4, -0.2) is 0 Å². The van der Waals surface area contributed by atoms with E-state index in [0.29, 0.717) is 10.0 Å². The Labute approximate surface area is 97.3 Å². The van der Waals surface area contributed by atoms with E-state index in [1.807, 2.05) is 0 Å². The van der Waals surface area contributed by atoms with Crippen LogP contribution < -0.4 is 0 Å². The third kappa shape index (κ3) is 2.31. The molecular formula is C12H6Cl2F. The van der Waals surface area contributed by atoms with Crippen molar-refractivity contribution in [2.24, 2.45) is 0 Å². The van der Waals surface area contributed by atoms with E-state index < -0.39 is 0 Å². The molecule has 0 unspecified atom stereocenters. The molecule has 0 N–H and O–H groups in total. The molecule has 0 aliphatic heterocycles. The summed E-state index contributed by atoms with van der Waals surface area (Å²) >= 11 is 11.7. The van der Waals surface area contributed by atoms with Crippen LogP contribution in [0.4, 0.5) is 4.39 Å². The maximum Gasteiger partial charge on any atom is 0.123 e. The summed E-state index contributed by atoms with van der Waals surface area (Å²) < 4.78 is 12.7. The van der Waals surface area contributed by atoms with Gasteiger partial charge in [0.2, 0.25) is 0 Å². The van der Waals surface area contributed by atoms with Gasteiger partial charge in [0.05, 0.1) is 5.02 Å². The van der Waals surface area contributed by atoms with Crippen molar-refractivity contribution < 1.29 is 4.39 Å². The second kappa shape index (κ2) is 4.21. The Morgan fingerprint density at radius 2 is 1.73 bits per heavy atom. The highest BCUT2D eigenvalue weighted by Gasteiger charge is 2.04. The van der Waals surface area contributed by atoms with Crippen LogP contribution in [0.1, 0.15) is 0 Å². The highest BCUT2D eigenvalue weighted by molar-refractivity contribution is 6.36. The molecule has 2 aromatic carbocycles. The van der Waals surface area contributed by atoms with Crippen LogP contribution >= 0.6 is 23.2 Å². The minimum atomic E-state index is -0.274. The van der Waals surface area contributed by atoms with Gasteiger partial charge >= 0.3 is 0 Å². The fourth-order valence-corrected chi connectivity index (χ4v) is 1.78. The Morgan fingerprint density at radius 1 is 1.07 bits per heavy atom. The first-order chi connectivity index (χ1) is 7.16. The van der Waals surface area contributed by atoms with E-state index in [1.165, 1.54) is 12.1 Å². The third-order valence-corrected chi connectivity index (χ3v) is 2.51. The van der Waals surface area contributed by atoms with Gasteiger partial charge in [-0.2, -0.15) is 0 Å². The van der Waals surface area contributed by atoms with Gasteiger partial charge in [0, 0.05) is 10.6 Å². The summed E-state index contributed by atoms with van der Waals surface area (Å²) in [7, 11) is 0. The first kappa shape index (κ1) is 10.5. The van der Waals surface area contributed by atoms with Crippen molar-refractivity contribution in [2.75, 3.05) is 0 Å². The predicted octanol–water partition coefficient (Wildman–Crippen LogP) is 4.60. The number of rotatable bonds is 1. The molecule has 2 rings (SSSR count). The van der Waals surface area contributed by atoms with Crippen molar-refractivity contribution in [2.45, 2.75) is 0 Å². The Kier molecular flexibility index (Phi) is 2.94.